The first kappa shape index (κ1) is 19.0. The Kier molecular flexibility index (Phi) is 4.68. The fraction of sp³-hybridized carbons (Fsp3) is 0.167. The summed E-state index contributed by atoms with van der Waals surface area (Å²) < 4.78 is 0.906. The molecule has 3 atom stereocenters. The number of nitrogens with zero attached hydrogens (tertiary/aromatic N) is 2. The maximum Gasteiger partial charge on any atom is 0.266 e. The topological polar surface area (TPSA) is 49.9 Å². The maximum absolute atomic E-state index is 13.5. The van der Waals surface area contributed by atoms with Crippen molar-refractivity contribution in [3.63, 3.8) is 0 Å². The zero-order chi connectivity index (χ0) is 20.8. The minimum Gasteiger partial charge on any atom is -0.273 e. The number of carbonyl (C=O) groups is 2. The van der Waals surface area contributed by atoms with E-state index in [1.807, 2.05) is 79.7 Å². The number of hydrogen-bond acceptors (Lipinski definition) is 4. The SMILES string of the molecule is Cc1cccc(N2C(=O)[C@@H]3[C@@H](c4cccc(Br)c4)N(c4ccccc4)O[C@H]3C2=O)c1. The highest BCUT2D eigenvalue weighted by Gasteiger charge is 2.60. The normalized spacial score (nSPS) is 23.2. The van der Waals surface area contributed by atoms with E-state index in [0.29, 0.717) is 5.69 Å². The lowest BCUT2D eigenvalue weighted by Crippen LogP contribution is -2.37. The summed E-state index contributed by atoms with van der Waals surface area (Å²) in [5, 5.41) is 1.71. The van der Waals surface area contributed by atoms with Gasteiger partial charge >= 0.3 is 0 Å². The standard InChI is InChI=1S/C24H19BrN2O3/c1-15-7-5-12-19(13-15)26-23(28)20-21(16-8-6-9-17(25)14-16)27(30-22(20)24(26)29)18-10-3-2-4-11-18/h2-14,20-22H,1H3/t20-,21-,22-/m1/s1. The Morgan fingerprint density at radius 3 is 2.30 bits per heavy atom. The molecule has 0 spiro atoms. The number of imide groups is 1. The number of carbonyl (C=O) groups excluding carboxylic acids is 2. The Hall–Kier alpha value is -2.96. The van der Waals surface area contributed by atoms with Crippen molar-refractivity contribution >= 4 is 39.1 Å². The van der Waals surface area contributed by atoms with Crippen LogP contribution >= 0.6 is 15.9 Å². The number of benzene rings is 3. The van der Waals surface area contributed by atoms with Gasteiger partial charge in [0, 0.05) is 4.47 Å². The molecule has 5 nitrogen and oxygen atoms in total. The molecule has 2 aliphatic heterocycles. The summed E-state index contributed by atoms with van der Waals surface area (Å²) in [6.07, 6.45) is -0.859. The summed E-state index contributed by atoms with van der Waals surface area (Å²) in [6.45, 7) is 1.94. The van der Waals surface area contributed by atoms with Gasteiger partial charge < -0.3 is 0 Å². The maximum atomic E-state index is 13.5. The molecule has 2 fully saturated rings. The van der Waals surface area contributed by atoms with Crippen LogP contribution in [0.1, 0.15) is 17.2 Å². The molecule has 30 heavy (non-hydrogen) atoms. The van der Waals surface area contributed by atoms with Gasteiger partial charge in [-0.3, -0.25) is 14.4 Å². The second kappa shape index (κ2) is 7.38. The van der Waals surface area contributed by atoms with Crippen molar-refractivity contribution in [1.82, 2.24) is 0 Å². The number of anilines is 2. The van der Waals surface area contributed by atoms with Gasteiger partial charge in [0.15, 0.2) is 6.10 Å². The minimum atomic E-state index is -0.859. The van der Waals surface area contributed by atoms with Crippen LogP contribution < -0.4 is 9.96 Å². The molecule has 0 N–H and O–H groups in total. The highest BCUT2D eigenvalue weighted by atomic mass is 79.9. The smallest absolute Gasteiger partial charge is 0.266 e. The van der Waals surface area contributed by atoms with E-state index >= 15 is 0 Å². The van der Waals surface area contributed by atoms with Crippen LogP contribution in [0.5, 0.6) is 0 Å². The van der Waals surface area contributed by atoms with E-state index in [1.54, 1.807) is 11.1 Å². The first-order valence-corrected chi connectivity index (χ1v) is 10.5. The summed E-state index contributed by atoms with van der Waals surface area (Å²) in [4.78, 5) is 34.2. The van der Waals surface area contributed by atoms with Crippen molar-refractivity contribution in [3.8, 4) is 0 Å². The highest BCUT2D eigenvalue weighted by Crippen LogP contribution is 2.47. The van der Waals surface area contributed by atoms with Gasteiger partial charge in [-0.2, -0.15) is 0 Å². The van der Waals surface area contributed by atoms with Crippen molar-refractivity contribution in [2.75, 3.05) is 9.96 Å². The molecule has 6 heteroatoms. The highest BCUT2D eigenvalue weighted by molar-refractivity contribution is 9.10. The van der Waals surface area contributed by atoms with E-state index in [-0.39, 0.29) is 11.8 Å². The third-order valence-corrected chi connectivity index (χ3v) is 6.07. The van der Waals surface area contributed by atoms with Crippen LogP contribution in [-0.4, -0.2) is 17.9 Å². The van der Waals surface area contributed by atoms with E-state index < -0.39 is 18.1 Å². The third-order valence-electron chi connectivity index (χ3n) is 5.58. The number of para-hydroxylation sites is 1. The molecule has 0 unspecified atom stereocenters. The van der Waals surface area contributed by atoms with Crippen molar-refractivity contribution in [3.05, 3.63) is 94.5 Å². The Balaban J connectivity index is 1.60. The number of aryl methyl sites for hydroxylation is 1. The summed E-state index contributed by atoms with van der Waals surface area (Å²) in [5.41, 5.74) is 3.29. The van der Waals surface area contributed by atoms with Gasteiger partial charge in [0.2, 0.25) is 5.91 Å². The lowest BCUT2D eigenvalue weighted by molar-refractivity contribution is -0.126. The van der Waals surface area contributed by atoms with E-state index in [0.717, 1.165) is 21.3 Å². The van der Waals surface area contributed by atoms with Gasteiger partial charge in [0.1, 0.15) is 5.92 Å². The van der Waals surface area contributed by atoms with Gasteiger partial charge in [-0.15, -0.1) is 0 Å². The predicted octanol–water partition coefficient (Wildman–Crippen LogP) is 4.81. The van der Waals surface area contributed by atoms with Crippen LogP contribution in [0.25, 0.3) is 0 Å². The van der Waals surface area contributed by atoms with Crippen LogP contribution in [-0.2, 0) is 14.4 Å². The summed E-state index contributed by atoms with van der Waals surface area (Å²) in [7, 11) is 0. The molecular weight excluding hydrogens is 444 g/mol. The third kappa shape index (κ3) is 3.04. The number of amides is 2. The van der Waals surface area contributed by atoms with Crippen molar-refractivity contribution in [1.29, 1.82) is 0 Å². The summed E-state index contributed by atoms with van der Waals surface area (Å²) in [5.74, 6) is -1.19. The van der Waals surface area contributed by atoms with Crippen LogP contribution in [0.15, 0.2) is 83.3 Å². The number of hydrogen-bond donors (Lipinski definition) is 0. The number of halogens is 1. The molecule has 0 aromatic heterocycles. The van der Waals surface area contributed by atoms with Crippen LogP contribution in [0.3, 0.4) is 0 Å². The predicted molar refractivity (Wildman–Crippen MR) is 118 cm³/mol. The number of fused-ring (bicyclic) bond motifs is 1. The summed E-state index contributed by atoms with van der Waals surface area (Å²) >= 11 is 3.52. The average Bonchev–Trinajstić information content (AvgIpc) is 3.25. The summed E-state index contributed by atoms with van der Waals surface area (Å²) in [6, 6.07) is 24.4. The number of hydroxylamine groups is 1. The molecule has 0 aliphatic carbocycles. The Labute approximate surface area is 183 Å². The van der Waals surface area contributed by atoms with Crippen LogP contribution in [0.4, 0.5) is 11.4 Å². The molecule has 5 rings (SSSR count). The average molecular weight is 463 g/mol. The number of rotatable bonds is 3. The van der Waals surface area contributed by atoms with Crippen LogP contribution in [0, 0.1) is 12.8 Å². The molecule has 0 saturated carbocycles. The second-order valence-corrected chi connectivity index (χ2v) is 8.48. The monoisotopic (exact) mass is 462 g/mol. The lowest BCUT2D eigenvalue weighted by atomic mass is 9.90. The molecule has 2 amide bonds. The van der Waals surface area contributed by atoms with Gasteiger partial charge in [0.05, 0.1) is 17.4 Å². The molecule has 150 valence electrons. The van der Waals surface area contributed by atoms with E-state index in [2.05, 4.69) is 15.9 Å². The van der Waals surface area contributed by atoms with Gasteiger partial charge in [-0.25, -0.2) is 9.96 Å². The first-order chi connectivity index (χ1) is 14.5. The Bertz CT molecular complexity index is 1130. The zero-order valence-corrected chi connectivity index (χ0v) is 17.8. The molecule has 3 aromatic rings. The fourth-order valence-corrected chi connectivity index (χ4v) is 4.68. The molecule has 2 aliphatic rings. The Morgan fingerprint density at radius 1 is 0.833 bits per heavy atom. The fourth-order valence-electron chi connectivity index (χ4n) is 4.26. The van der Waals surface area contributed by atoms with Crippen molar-refractivity contribution in [2.24, 2.45) is 5.92 Å². The molecule has 0 bridgehead atoms. The molecule has 2 saturated heterocycles. The molecule has 3 aromatic carbocycles. The zero-order valence-electron chi connectivity index (χ0n) is 16.2. The molecule has 0 radical (unpaired) electrons. The quantitative estimate of drug-likeness (QED) is 0.524. The van der Waals surface area contributed by atoms with Crippen LogP contribution in [0.2, 0.25) is 0 Å². The van der Waals surface area contributed by atoms with E-state index in [1.165, 1.54) is 4.90 Å². The minimum absolute atomic E-state index is 0.237. The van der Waals surface area contributed by atoms with Crippen molar-refractivity contribution in [2.45, 2.75) is 19.1 Å². The Morgan fingerprint density at radius 2 is 1.57 bits per heavy atom. The van der Waals surface area contributed by atoms with Gasteiger partial charge in [-0.05, 0) is 54.4 Å². The second-order valence-electron chi connectivity index (χ2n) is 7.56. The van der Waals surface area contributed by atoms with E-state index in [4.69, 9.17) is 4.84 Å². The lowest BCUT2D eigenvalue weighted by Gasteiger charge is -2.29. The largest absolute Gasteiger partial charge is 0.273 e. The first-order valence-electron chi connectivity index (χ1n) is 9.75. The van der Waals surface area contributed by atoms with Gasteiger partial charge in [0.25, 0.3) is 5.91 Å². The van der Waals surface area contributed by atoms with Gasteiger partial charge in [-0.1, -0.05) is 58.4 Å². The molecule has 2 heterocycles. The molecular formula is C24H19BrN2O3. The van der Waals surface area contributed by atoms with E-state index in [9.17, 15) is 9.59 Å². The van der Waals surface area contributed by atoms with Crippen molar-refractivity contribution < 1.29 is 14.4 Å².